The van der Waals surface area contributed by atoms with E-state index >= 15 is 0 Å². The molecule has 0 fully saturated rings. The van der Waals surface area contributed by atoms with Crippen LogP contribution < -0.4 is 11.3 Å². The number of imidazole rings is 1. The summed E-state index contributed by atoms with van der Waals surface area (Å²) in [6.45, 7) is 1.58. The van der Waals surface area contributed by atoms with E-state index in [0.717, 1.165) is 0 Å². The quantitative estimate of drug-likeness (QED) is 0.644. The zero-order chi connectivity index (χ0) is 13.3. The number of nitrogens with two attached hydrogens (primary N) is 1. The Kier molecular flexibility index (Phi) is 3.40. The van der Waals surface area contributed by atoms with Crippen LogP contribution in [0.1, 0.15) is 22.9 Å². The molecule has 0 aliphatic heterocycles. The Hall–Kier alpha value is -1.79. The lowest BCUT2D eigenvalue weighted by molar-refractivity contribution is 0.495. The number of benzene rings is 1. The van der Waals surface area contributed by atoms with Crippen LogP contribution in [0.4, 0.5) is 8.78 Å². The molecule has 96 valence electrons. The summed E-state index contributed by atoms with van der Waals surface area (Å²) in [5, 5.41) is 0. The Morgan fingerprint density at radius 3 is 2.67 bits per heavy atom. The monoisotopic (exact) mass is 252 g/mol. The first-order valence-electron chi connectivity index (χ1n) is 5.43. The molecule has 1 heterocycles. The maximum Gasteiger partial charge on any atom is 0.134 e. The highest BCUT2D eigenvalue weighted by Crippen LogP contribution is 2.27. The molecular formula is C12H14F2N4. The van der Waals surface area contributed by atoms with Gasteiger partial charge in [0.25, 0.3) is 0 Å². The van der Waals surface area contributed by atoms with E-state index in [4.69, 9.17) is 5.84 Å². The van der Waals surface area contributed by atoms with Crippen LogP contribution >= 0.6 is 0 Å². The highest BCUT2D eigenvalue weighted by atomic mass is 19.1. The number of aryl methyl sites for hydroxylation is 2. The van der Waals surface area contributed by atoms with Gasteiger partial charge in [-0.25, -0.2) is 19.2 Å². The second-order valence-corrected chi connectivity index (χ2v) is 4.12. The van der Waals surface area contributed by atoms with Gasteiger partial charge in [-0.2, -0.15) is 0 Å². The summed E-state index contributed by atoms with van der Waals surface area (Å²) in [7, 11) is 1.73. The van der Waals surface area contributed by atoms with Gasteiger partial charge in [0.15, 0.2) is 0 Å². The van der Waals surface area contributed by atoms with Crippen molar-refractivity contribution in [1.82, 2.24) is 15.0 Å². The number of aromatic nitrogens is 2. The van der Waals surface area contributed by atoms with Gasteiger partial charge >= 0.3 is 0 Å². The first kappa shape index (κ1) is 12.7. The molecule has 1 unspecified atom stereocenters. The zero-order valence-electron chi connectivity index (χ0n) is 10.1. The van der Waals surface area contributed by atoms with Crippen molar-refractivity contribution in [3.8, 4) is 0 Å². The van der Waals surface area contributed by atoms with Gasteiger partial charge in [-0.3, -0.25) is 5.84 Å². The van der Waals surface area contributed by atoms with Gasteiger partial charge in [-0.05, 0) is 18.6 Å². The van der Waals surface area contributed by atoms with Crippen molar-refractivity contribution in [1.29, 1.82) is 0 Å². The van der Waals surface area contributed by atoms with E-state index in [1.807, 2.05) is 0 Å². The Morgan fingerprint density at radius 1 is 1.39 bits per heavy atom. The number of hydrazine groups is 1. The molecule has 4 nitrogen and oxygen atoms in total. The maximum atomic E-state index is 14.1. The molecule has 0 aliphatic carbocycles. The van der Waals surface area contributed by atoms with Crippen LogP contribution in [-0.4, -0.2) is 9.55 Å². The van der Waals surface area contributed by atoms with Crippen molar-refractivity contribution in [3.63, 3.8) is 0 Å². The Balaban J connectivity index is 2.59. The Morgan fingerprint density at radius 2 is 2.11 bits per heavy atom. The summed E-state index contributed by atoms with van der Waals surface area (Å²) in [4.78, 5) is 3.92. The van der Waals surface area contributed by atoms with Crippen molar-refractivity contribution in [3.05, 3.63) is 53.1 Å². The average molecular weight is 252 g/mol. The molecule has 0 bridgehead atoms. The van der Waals surface area contributed by atoms with E-state index in [1.165, 1.54) is 18.3 Å². The fraction of sp³-hybridized carbons (Fsp3) is 0.250. The third kappa shape index (κ3) is 2.00. The van der Waals surface area contributed by atoms with Crippen LogP contribution in [0.15, 0.2) is 24.7 Å². The van der Waals surface area contributed by atoms with Gasteiger partial charge in [-0.1, -0.05) is 6.07 Å². The van der Waals surface area contributed by atoms with Crippen LogP contribution in [0.25, 0.3) is 0 Å². The van der Waals surface area contributed by atoms with E-state index in [1.54, 1.807) is 24.9 Å². The van der Waals surface area contributed by atoms with Crippen LogP contribution in [-0.2, 0) is 7.05 Å². The minimum absolute atomic E-state index is 0.0962. The fourth-order valence-corrected chi connectivity index (χ4v) is 1.91. The van der Waals surface area contributed by atoms with Crippen molar-refractivity contribution in [2.45, 2.75) is 13.0 Å². The van der Waals surface area contributed by atoms with E-state index in [2.05, 4.69) is 10.4 Å². The van der Waals surface area contributed by atoms with Crippen LogP contribution in [0.5, 0.6) is 0 Å². The summed E-state index contributed by atoms with van der Waals surface area (Å²) in [5.41, 5.74) is 3.29. The van der Waals surface area contributed by atoms with Gasteiger partial charge in [0.1, 0.15) is 11.6 Å². The van der Waals surface area contributed by atoms with E-state index in [0.29, 0.717) is 11.3 Å². The molecular weight excluding hydrogens is 238 g/mol. The lowest BCUT2D eigenvalue weighted by Crippen LogP contribution is -2.31. The molecule has 6 heteroatoms. The smallest absolute Gasteiger partial charge is 0.134 e. The summed E-state index contributed by atoms with van der Waals surface area (Å²) in [6.07, 6.45) is 3.07. The van der Waals surface area contributed by atoms with Gasteiger partial charge < -0.3 is 4.57 Å². The molecule has 1 aromatic heterocycles. The first-order valence-corrected chi connectivity index (χ1v) is 5.43. The lowest BCUT2D eigenvalue weighted by atomic mass is 10.0. The van der Waals surface area contributed by atoms with Crippen molar-refractivity contribution in [2.24, 2.45) is 12.9 Å². The molecule has 1 aromatic carbocycles. The Labute approximate surface area is 103 Å². The third-order valence-electron chi connectivity index (χ3n) is 2.92. The molecule has 0 spiro atoms. The second-order valence-electron chi connectivity index (χ2n) is 4.12. The SMILES string of the molecule is Cc1ccc(F)c(C(NN)c2cncn2C)c1F. The lowest BCUT2D eigenvalue weighted by Gasteiger charge is -2.19. The van der Waals surface area contributed by atoms with E-state index in [-0.39, 0.29) is 5.56 Å². The number of hydrogen-bond donors (Lipinski definition) is 2. The van der Waals surface area contributed by atoms with E-state index < -0.39 is 17.7 Å². The normalized spacial score (nSPS) is 12.7. The summed E-state index contributed by atoms with van der Waals surface area (Å²) < 4.78 is 29.5. The molecule has 18 heavy (non-hydrogen) atoms. The van der Waals surface area contributed by atoms with Gasteiger partial charge in [0.05, 0.1) is 24.3 Å². The minimum atomic E-state index is -0.780. The van der Waals surface area contributed by atoms with Gasteiger partial charge in [-0.15, -0.1) is 0 Å². The molecule has 0 saturated heterocycles. The Bertz CT molecular complexity index is 565. The maximum absolute atomic E-state index is 14.1. The third-order valence-corrected chi connectivity index (χ3v) is 2.92. The zero-order valence-corrected chi connectivity index (χ0v) is 10.1. The molecule has 0 radical (unpaired) electrons. The van der Waals surface area contributed by atoms with Crippen molar-refractivity contribution < 1.29 is 8.78 Å². The summed E-state index contributed by atoms with van der Waals surface area (Å²) in [6, 6.07) is 1.84. The van der Waals surface area contributed by atoms with Crippen LogP contribution in [0, 0.1) is 18.6 Å². The number of nitrogens with one attached hydrogen (secondary N) is 1. The number of halogens is 2. The summed E-state index contributed by atoms with van der Waals surface area (Å²) in [5.74, 6) is 4.19. The predicted molar refractivity (Wildman–Crippen MR) is 63.5 cm³/mol. The molecule has 0 amide bonds. The average Bonchev–Trinajstić information content (AvgIpc) is 2.76. The topological polar surface area (TPSA) is 55.9 Å². The standard InChI is InChI=1S/C12H14F2N4/c1-7-3-4-8(13)10(11(7)14)12(17-15)9-5-16-6-18(9)2/h3-6,12,17H,15H2,1-2H3. The van der Waals surface area contributed by atoms with Crippen LogP contribution in [0.3, 0.4) is 0 Å². The number of hydrogen-bond acceptors (Lipinski definition) is 3. The summed E-state index contributed by atoms with van der Waals surface area (Å²) >= 11 is 0. The second kappa shape index (κ2) is 4.83. The number of rotatable bonds is 3. The molecule has 3 N–H and O–H groups in total. The molecule has 2 aromatic rings. The predicted octanol–water partition coefficient (Wildman–Crippen LogP) is 1.56. The van der Waals surface area contributed by atoms with Crippen molar-refractivity contribution in [2.75, 3.05) is 0 Å². The van der Waals surface area contributed by atoms with Gasteiger partial charge in [0, 0.05) is 12.6 Å². The number of nitrogens with zero attached hydrogens (tertiary/aromatic N) is 2. The largest absolute Gasteiger partial charge is 0.336 e. The molecule has 2 rings (SSSR count). The van der Waals surface area contributed by atoms with E-state index in [9.17, 15) is 8.78 Å². The fourth-order valence-electron chi connectivity index (χ4n) is 1.91. The molecule has 0 saturated carbocycles. The highest BCUT2D eigenvalue weighted by molar-refractivity contribution is 5.33. The van der Waals surface area contributed by atoms with Crippen LogP contribution in [0.2, 0.25) is 0 Å². The molecule has 1 atom stereocenters. The van der Waals surface area contributed by atoms with Crippen molar-refractivity contribution >= 4 is 0 Å². The molecule has 0 aliphatic rings. The highest BCUT2D eigenvalue weighted by Gasteiger charge is 2.24. The van der Waals surface area contributed by atoms with Gasteiger partial charge in [0.2, 0.25) is 0 Å². The first-order chi connectivity index (χ1) is 8.56. The minimum Gasteiger partial charge on any atom is -0.336 e.